The van der Waals surface area contributed by atoms with Crippen molar-refractivity contribution < 1.29 is 14.6 Å². The molecule has 0 aromatic heterocycles. The molecule has 1 rings (SSSR count). The maximum absolute atomic E-state index is 11.1. The molecule has 1 N–H and O–H groups in total. The molecular weight excluding hydrogens is 230 g/mol. The highest BCUT2D eigenvalue weighted by Gasteiger charge is 2.13. The number of benzene rings is 1. The fourth-order valence-corrected chi connectivity index (χ4v) is 1.91. The van der Waals surface area contributed by atoms with Crippen LogP contribution in [0.1, 0.15) is 36.7 Å². The van der Waals surface area contributed by atoms with Gasteiger partial charge in [0, 0.05) is 12.6 Å². The zero-order chi connectivity index (χ0) is 13.7. The Hall–Kier alpha value is -1.55. The summed E-state index contributed by atoms with van der Waals surface area (Å²) in [5.74, 6) is -0.555. The molecule has 0 saturated heterocycles. The van der Waals surface area contributed by atoms with Gasteiger partial charge in [-0.15, -0.1) is 0 Å². The van der Waals surface area contributed by atoms with Crippen molar-refractivity contribution in [3.8, 4) is 5.75 Å². The number of aromatic carboxylic acids is 1. The Balaban J connectivity index is 2.97. The Morgan fingerprint density at radius 2 is 2.11 bits per heavy atom. The lowest BCUT2D eigenvalue weighted by molar-refractivity contribution is 0.0693. The molecular formula is C14H21NO3. The van der Waals surface area contributed by atoms with Crippen molar-refractivity contribution in [1.82, 2.24) is 4.90 Å². The topological polar surface area (TPSA) is 49.8 Å². The third-order valence-electron chi connectivity index (χ3n) is 3.02. The number of nitrogens with zero attached hydrogens (tertiary/aromatic N) is 1. The number of carbonyl (C=O) groups is 1. The molecule has 0 heterocycles. The van der Waals surface area contributed by atoms with Gasteiger partial charge in [-0.3, -0.25) is 4.90 Å². The third-order valence-corrected chi connectivity index (χ3v) is 3.02. The second kappa shape index (κ2) is 6.40. The Bertz CT molecular complexity index is 416. The molecule has 0 saturated carbocycles. The van der Waals surface area contributed by atoms with Crippen molar-refractivity contribution in [2.45, 2.75) is 33.4 Å². The van der Waals surface area contributed by atoms with E-state index in [-0.39, 0.29) is 5.56 Å². The van der Waals surface area contributed by atoms with Gasteiger partial charge in [0.05, 0.1) is 7.11 Å². The number of hydrogen-bond acceptors (Lipinski definition) is 3. The highest BCUT2D eigenvalue weighted by molar-refractivity contribution is 5.91. The normalized spacial score (nSPS) is 11.0. The van der Waals surface area contributed by atoms with E-state index in [0.717, 1.165) is 18.7 Å². The van der Waals surface area contributed by atoms with Crippen molar-refractivity contribution in [3.05, 3.63) is 29.3 Å². The number of ether oxygens (including phenoxy) is 1. The maximum Gasteiger partial charge on any atom is 0.339 e. The van der Waals surface area contributed by atoms with Crippen LogP contribution in [0.2, 0.25) is 0 Å². The minimum Gasteiger partial charge on any atom is -0.496 e. The first-order valence-electron chi connectivity index (χ1n) is 6.13. The van der Waals surface area contributed by atoms with E-state index >= 15 is 0 Å². The Morgan fingerprint density at radius 1 is 1.44 bits per heavy atom. The molecule has 4 heteroatoms. The van der Waals surface area contributed by atoms with Gasteiger partial charge in [0.2, 0.25) is 0 Å². The summed E-state index contributed by atoms with van der Waals surface area (Å²) in [6.45, 7) is 8.04. The van der Waals surface area contributed by atoms with Crippen LogP contribution in [0.4, 0.5) is 0 Å². The van der Waals surface area contributed by atoms with Crippen molar-refractivity contribution in [2.75, 3.05) is 13.7 Å². The lowest BCUT2D eigenvalue weighted by atomic mass is 10.1. The summed E-state index contributed by atoms with van der Waals surface area (Å²) in [5, 5.41) is 9.13. The van der Waals surface area contributed by atoms with Gasteiger partial charge in [-0.25, -0.2) is 4.79 Å². The first kappa shape index (κ1) is 14.5. The Morgan fingerprint density at radius 3 is 2.56 bits per heavy atom. The van der Waals surface area contributed by atoms with E-state index in [9.17, 15) is 4.79 Å². The van der Waals surface area contributed by atoms with Gasteiger partial charge < -0.3 is 9.84 Å². The smallest absolute Gasteiger partial charge is 0.339 e. The monoisotopic (exact) mass is 251 g/mol. The standard InChI is InChI=1S/C14H21NO3/c1-5-15(10(2)3)9-11-6-7-13(18-4)12(8-11)14(16)17/h6-8,10H,5,9H2,1-4H3,(H,16,17). The summed E-state index contributed by atoms with van der Waals surface area (Å²) in [6.07, 6.45) is 0. The van der Waals surface area contributed by atoms with Crippen molar-refractivity contribution in [1.29, 1.82) is 0 Å². The zero-order valence-corrected chi connectivity index (χ0v) is 11.4. The SMILES string of the molecule is CCN(Cc1ccc(OC)c(C(=O)O)c1)C(C)C. The second-order valence-electron chi connectivity index (χ2n) is 4.50. The fourth-order valence-electron chi connectivity index (χ4n) is 1.91. The molecule has 0 bridgehead atoms. The van der Waals surface area contributed by atoms with E-state index in [4.69, 9.17) is 9.84 Å². The molecule has 0 amide bonds. The van der Waals surface area contributed by atoms with E-state index in [2.05, 4.69) is 25.7 Å². The number of rotatable bonds is 6. The molecule has 0 aliphatic rings. The van der Waals surface area contributed by atoms with Gasteiger partial charge in [-0.1, -0.05) is 13.0 Å². The Kier molecular flexibility index (Phi) is 5.16. The largest absolute Gasteiger partial charge is 0.496 e. The summed E-state index contributed by atoms with van der Waals surface area (Å²) in [7, 11) is 1.48. The van der Waals surface area contributed by atoms with Crippen LogP contribution >= 0.6 is 0 Å². The molecule has 0 spiro atoms. The first-order valence-corrected chi connectivity index (χ1v) is 6.13. The lowest BCUT2D eigenvalue weighted by Gasteiger charge is -2.25. The summed E-state index contributed by atoms with van der Waals surface area (Å²) >= 11 is 0. The molecule has 18 heavy (non-hydrogen) atoms. The molecule has 0 aliphatic carbocycles. The molecule has 0 atom stereocenters. The molecule has 0 radical (unpaired) electrons. The van der Waals surface area contributed by atoms with Gasteiger partial charge >= 0.3 is 5.97 Å². The predicted molar refractivity (Wildman–Crippen MR) is 71.2 cm³/mol. The van der Waals surface area contributed by atoms with Gasteiger partial charge in [-0.05, 0) is 38.1 Å². The highest BCUT2D eigenvalue weighted by atomic mass is 16.5. The number of methoxy groups -OCH3 is 1. The Labute approximate surface area is 108 Å². The average Bonchev–Trinajstić information content (AvgIpc) is 2.35. The van der Waals surface area contributed by atoms with Gasteiger partial charge in [0.1, 0.15) is 11.3 Å². The van der Waals surface area contributed by atoms with Crippen LogP contribution in [-0.2, 0) is 6.54 Å². The van der Waals surface area contributed by atoms with Crippen molar-refractivity contribution >= 4 is 5.97 Å². The lowest BCUT2D eigenvalue weighted by Crippen LogP contribution is -2.30. The van der Waals surface area contributed by atoms with Crippen molar-refractivity contribution in [2.24, 2.45) is 0 Å². The number of carboxylic acid groups (broad SMARTS) is 1. The highest BCUT2D eigenvalue weighted by Crippen LogP contribution is 2.21. The zero-order valence-electron chi connectivity index (χ0n) is 11.4. The molecule has 0 fully saturated rings. The fraction of sp³-hybridized carbons (Fsp3) is 0.500. The van der Waals surface area contributed by atoms with Crippen LogP contribution in [0.15, 0.2) is 18.2 Å². The van der Waals surface area contributed by atoms with E-state index in [1.165, 1.54) is 7.11 Å². The van der Waals surface area contributed by atoms with E-state index in [0.29, 0.717) is 11.8 Å². The minimum atomic E-state index is -0.957. The quantitative estimate of drug-likeness (QED) is 0.844. The minimum absolute atomic E-state index is 0.217. The molecule has 1 aromatic rings. The molecule has 0 unspecified atom stereocenters. The first-order chi connectivity index (χ1) is 8.49. The predicted octanol–water partition coefficient (Wildman–Crippen LogP) is 2.62. The van der Waals surface area contributed by atoms with Gasteiger partial charge in [0.25, 0.3) is 0 Å². The van der Waals surface area contributed by atoms with E-state index < -0.39 is 5.97 Å². The van der Waals surface area contributed by atoms with Crippen molar-refractivity contribution in [3.63, 3.8) is 0 Å². The second-order valence-corrected chi connectivity index (χ2v) is 4.50. The van der Waals surface area contributed by atoms with Gasteiger partial charge in [-0.2, -0.15) is 0 Å². The number of hydrogen-bond donors (Lipinski definition) is 1. The molecule has 100 valence electrons. The van der Waals surface area contributed by atoms with Crippen LogP contribution in [0.25, 0.3) is 0 Å². The van der Waals surface area contributed by atoms with Gasteiger partial charge in [0.15, 0.2) is 0 Å². The van der Waals surface area contributed by atoms with Crippen LogP contribution in [0.5, 0.6) is 5.75 Å². The summed E-state index contributed by atoms with van der Waals surface area (Å²) < 4.78 is 5.05. The van der Waals surface area contributed by atoms with Crippen LogP contribution in [-0.4, -0.2) is 35.7 Å². The summed E-state index contributed by atoms with van der Waals surface area (Å²) in [5.41, 5.74) is 1.21. The van der Waals surface area contributed by atoms with E-state index in [1.54, 1.807) is 12.1 Å². The number of carboxylic acids is 1. The van der Waals surface area contributed by atoms with Crippen LogP contribution in [0.3, 0.4) is 0 Å². The molecule has 4 nitrogen and oxygen atoms in total. The molecule has 1 aromatic carbocycles. The third kappa shape index (κ3) is 3.47. The van der Waals surface area contributed by atoms with Crippen LogP contribution < -0.4 is 4.74 Å². The summed E-state index contributed by atoms with van der Waals surface area (Å²) in [6, 6.07) is 5.75. The average molecular weight is 251 g/mol. The summed E-state index contributed by atoms with van der Waals surface area (Å²) in [4.78, 5) is 13.4. The molecule has 0 aliphatic heterocycles. The maximum atomic E-state index is 11.1. The van der Waals surface area contributed by atoms with Crippen LogP contribution in [0, 0.1) is 0 Å². The van der Waals surface area contributed by atoms with E-state index in [1.807, 2.05) is 6.07 Å².